The van der Waals surface area contributed by atoms with Gasteiger partial charge in [-0.15, -0.1) is 0 Å². The lowest BCUT2D eigenvalue weighted by molar-refractivity contribution is -0.116. The number of anilines is 1. The van der Waals surface area contributed by atoms with E-state index >= 15 is 0 Å². The van der Waals surface area contributed by atoms with Crippen molar-refractivity contribution in [1.29, 1.82) is 0 Å². The largest absolute Gasteiger partial charge is 0.326 e. The Hall–Kier alpha value is -2.14. The fraction of sp³-hybridized carbons (Fsp3) is 0.333. The van der Waals surface area contributed by atoms with Crippen LogP contribution >= 0.6 is 0 Å². The zero-order valence-corrected chi connectivity index (χ0v) is 12.1. The minimum absolute atomic E-state index is 0.0297. The lowest BCUT2D eigenvalue weighted by atomic mass is 10.1. The molecule has 0 aliphatic rings. The number of carbonyl (C=O) groups excluding carboxylic acids is 1. The molecule has 0 aliphatic carbocycles. The Balaban J connectivity index is 2.05. The van der Waals surface area contributed by atoms with E-state index in [1.54, 1.807) is 4.68 Å². The molecule has 0 aliphatic heterocycles. The van der Waals surface area contributed by atoms with Crippen LogP contribution in [-0.2, 0) is 11.8 Å². The predicted octanol–water partition coefficient (Wildman–Crippen LogP) is 1.98. The zero-order chi connectivity index (χ0) is 14.5. The van der Waals surface area contributed by atoms with Crippen LogP contribution < -0.4 is 5.32 Å². The Morgan fingerprint density at radius 1 is 1.35 bits per heavy atom. The quantitative estimate of drug-likeness (QED) is 0.905. The second kappa shape index (κ2) is 6.34. The van der Waals surface area contributed by atoms with Gasteiger partial charge in [0, 0.05) is 37.5 Å². The first kappa shape index (κ1) is 14.3. The molecule has 20 heavy (non-hydrogen) atoms. The van der Waals surface area contributed by atoms with Gasteiger partial charge in [-0.1, -0.05) is 12.1 Å². The Labute approximate surface area is 119 Å². The Kier molecular flexibility index (Phi) is 4.53. The molecule has 0 atom stereocenters. The molecule has 5 heteroatoms. The second-order valence-corrected chi connectivity index (χ2v) is 5.08. The fourth-order valence-electron chi connectivity index (χ4n) is 1.90. The van der Waals surface area contributed by atoms with E-state index in [0.717, 1.165) is 23.4 Å². The summed E-state index contributed by atoms with van der Waals surface area (Å²) in [5.41, 5.74) is 2.90. The molecule has 0 unspecified atom stereocenters. The van der Waals surface area contributed by atoms with Gasteiger partial charge in [-0.25, -0.2) is 0 Å². The van der Waals surface area contributed by atoms with Crippen molar-refractivity contribution < 1.29 is 4.79 Å². The van der Waals surface area contributed by atoms with Crippen molar-refractivity contribution in [2.24, 2.45) is 7.05 Å². The van der Waals surface area contributed by atoms with Crippen LogP contribution in [0.15, 0.2) is 36.7 Å². The molecule has 106 valence electrons. The van der Waals surface area contributed by atoms with Gasteiger partial charge in [-0.05, 0) is 31.8 Å². The number of aryl methyl sites for hydroxylation is 1. The molecular weight excluding hydrogens is 252 g/mol. The molecule has 1 N–H and O–H groups in total. The number of benzene rings is 1. The van der Waals surface area contributed by atoms with Crippen LogP contribution in [0.3, 0.4) is 0 Å². The predicted molar refractivity (Wildman–Crippen MR) is 80.4 cm³/mol. The van der Waals surface area contributed by atoms with E-state index in [-0.39, 0.29) is 5.91 Å². The minimum atomic E-state index is 0.0297. The number of amides is 1. The first-order valence-corrected chi connectivity index (χ1v) is 6.58. The highest BCUT2D eigenvalue weighted by atomic mass is 16.1. The molecule has 0 fully saturated rings. The highest BCUT2D eigenvalue weighted by molar-refractivity contribution is 5.91. The number of rotatable bonds is 5. The molecule has 0 spiro atoms. The van der Waals surface area contributed by atoms with Crippen LogP contribution in [0.1, 0.15) is 6.42 Å². The summed E-state index contributed by atoms with van der Waals surface area (Å²) in [6.07, 6.45) is 4.25. The van der Waals surface area contributed by atoms with Gasteiger partial charge in [0.25, 0.3) is 0 Å². The SMILES string of the molecule is CN(C)CCC(=O)Nc1cccc(-c2cnn(C)c2)c1. The Bertz CT molecular complexity index is 589. The number of nitrogens with zero attached hydrogens (tertiary/aromatic N) is 3. The van der Waals surface area contributed by atoms with Crippen molar-refractivity contribution in [3.63, 3.8) is 0 Å². The van der Waals surface area contributed by atoms with Gasteiger partial charge in [0.15, 0.2) is 0 Å². The summed E-state index contributed by atoms with van der Waals surface area (Å²) < 4.78 is 1.76. The molecule has 0 radical (unpaired) electrons. The van der Waals surface area contributed by atoms with Crippen LogP contribution in [-0.4, -0.2) is 41.2 Å². The number of nitrogens with one attached hydrogen (secondary N) is 1. The Morgan fingerprint density at radius 2 is 2.15 bits per heavy atom. The van der Waals surface area contributed by atoms with Crippen LogP contribution in [0.4, 0.5) is 5.69 Å². The molecule has 2 aromatic rings. The van der Waals surface area contributed by atoms with Crippen LogP contribution in [0.5, 0.6) is 0 Å². The maximum absolute atomic E-state index is 11.8. The van der Waals surface area contributed by atoms with Crippen LogP contribution in [0.25, 0.3) is 11.1 Å². The van der Waals surface area contributed by atoms with Crippen molar-refractivity contribution in [3.05, 3.63) is 36.7 Å². The van der Waals surface area contributed by atoms with E-state index in [4.69, 9.17) is 0 Å². The first-order chi connectivity index (χ1) is 9.54. The van der Waals surface area contributed by atoms with Crippen molar-refractivity contribution in [3.8, 4) is 11.1 Å². The van der Waals surface area contributed by atoms with E-state index < -0.39 is 0 Å². The molecule has 2 rings (SSSR count). The zero-order valence-electron chi connectivity index (χ0n) is 12.1. The number of aromatic nitrogens is 2. The number of hydrogen-bond donors (Lipinski definition) is 1. The van der Waals surface area contributed by atoms with E-state index in [1.807, 2.05) is 62.7 Å². The van der Waals surface area contributed by atoms with Gasteiger partial charge in [0.05, 0.1) is 6.20 Å². The molecule has 0 saturated heterocycles. The average Bonchev–Trinajstić information content (AvgIpc) is 2.83. The molecule has 5 nitrogen and oxygen atoms in total. The summed E-state index contributed by atoms with van der Waals surface area (Å²) in [6.45, 7) is 0.744. The van der Waals surface area contributed by atoms with Crippen molar-refractivity contribution >= 4 is 11.6 Å². The second-order valence-electron chi connectivity index (χ2n) is 5.08. The third kappa shape index (κ3) is 3.93. The van der Waals surface area contributed by atoms with E-state index in [0.29, 0.717) is 6.42 Å². The average molecular weight is 272 g/mol. The summed E-state index contributed by atoms with van der Waals surface area (Å²) in [4.78, 5) is 13.8. The van der Waals surface area contributed by atoms with Crippen molar-refractivity contribution in [2.45, 2.75) is 6.42 Å². The van der Waals surface area contributed by atoms with Gasteiger partial charge < -0.3 is 10.2 Å². The molecule has 0 bridgehead atoms. The molecule has 1 amide bonds. The third-order valence-electron chi connectivity index (χ3n) is 2.97. The maximum Gasteiger partial charge on any atom is 0.225 e. The molecule has 1 heterocycles. The highest BCUT2D eigenvalue weighted by Gasteiger charge is 2.05. The summed E-state index contributed by atoms with van der Waals surface area (Å²) in [7, 11) is 5.79. The molecule has 1 aromatic heterocycles. The summed E-state index contributed by atoms with van der Waals surface area (Å²) in [6, 6.07) is 7.80. The van der Waals surface area contributed by atoms with Crippen LogP contribution in [0.2, 0.25) is 0 Å². The smallest absolute Gasteiger partial charge is 0.225 e. The molecule has 1 aromatic carbocycles. The summed E-state index contributed by atoms with van der Waals surface area (Å²) >= 11 is 0. The fourth-order valence-corrected chi connectivity index (χ4v) is 1.90. The highest BCUT2D eigenvalue weighted by Crippen LogP contribution is 2.21. The molecular formula is C15H20N4O. The van der Waals surface area contributed by atoms with Crippen molar-refractivity contribution in [1.82, 2.24) is 14.7 Å². The normalized spacial score (nSPS) is 10.8. The van der Waals surface area contributed by atoms with Gasteiger partial charge in [0.2, 0.25) is 5.91 Å². The summed E-state index contributed by atoms with van der Waals surface area (Å²) in [5.74, 6) is 0.0297. The topological polar surface area (TPSA) is 50.2 Å². The summed E-state index contributed by atoms with van der Waals surface area (Å²) in [5, 5.41) is 7.08. The minimum Gasteiger partial charge on any atom is -0.326 e. The van der Waals surface area contributed by atoms with E-state index in [1.165, 1.54) is 0 Å². The number of carbonyl (C=O) groups is 1. The van der Waals surface area contributed by atoms with E-state index in [2.05, 4.69) is 10.4 Å². The van der Waals surface area contributed by atoms with E-state index in [9.17, 15) is 4.79 Å². The lowest BCUT2D eigenvalue weighted by Crippen LogP contribution is -2.20. The lowest BCUT2D eigenvalue weighted by Gasteiger charge is -2.10. The third-order valence-corrected chi connectivity index (χ3v) is 2.97. The molecule has 0 saturated carbocycles. The number of hydrogen-bond acceptors (Lipinski definition) is 3. The maximum atomic E-state index is 11.8. The van der Waals surface area contributed by atoms with Gasteiger partial charge in [0.1, 0.15) is 0 Å². The van der Waals surface area contributed by atoms with Gasteiger partial charge >= 0.3 is 0 Å². The monoisotopic (exact) mass is 272 g/mol. The van der Waals surface area contributed by atoms with Crippen molar-refractivity contribution in [2.75, 3.05) is 26.0 Å². The standard InChI is InChI=1S/C15H20N4O/c1-18(2)8-7-15(20)17-14-6-4-5-12(9-14)13-10-16-19(3)11-13/h4-6,9-11H,7-8H2,1-3H3,(H,17,20). The van der Waals surface area contributed by atoms with Gasteiger partial charge in [-0.3, -0.25) is 9.48 Å². The Morgan fingerprint density at radius 3 is 2.80 bits per heavy atom. The van der Waals surface area contributed by atoms with Gasteiger partial charge in [-0.2, -0.15) is 5.10 Å². The van der Waals surface area contributed by atoms with Crippen LogP contribution in [0, 0.1) is 0 Å². The first-order valence-electron chi connectivity index (χ1n) is 6.58.